The fraction of sp³-hybridized carbons (Fsp3) is 0.562. The lowest BCUT2D eigenvalue weighted by atomic mass is 9.97. The zero-order valence-electron chi connectivity index (χ0n) is 14.6. The molecule has 146 valence electrons. The molecule has 1 aliphatic rings. The number of nitrogens with one attached hydrogen (secondary N) is 1. The SMILES string of the molecule is CO[C@H]1O[C@H](C(O)S(=O)(=O)c2ccc(C)cc2)[C@@H](O)[C@@H](O)[C@H]1NC(C)=O. The Morgan fingerprint density at radius 1 is 1.23 bits per heavy atom. The van der Waals surface area contributed by atoms with E-state index < -0.39 is 51.8 Å². The number of carbonyl (C=O) groups excluding carboxylic acids is 1. The van der Waals surface area contributed by atoms with Crippen LogP contribution in [-0.4, -0.2) is 72.8 Å². The van der Waals surface area contributed by atoms with Crippen molar-refractivity contribution in [1.29, 1.82) is 0 Å². The molecule has 1 aromatic rings. The quantitative estimate of drug-likeness (QED) is 0.486. The van der Waals surface area contributed by atoms with Crippen LogP contribution in [0, 0.1) is 6.92 Å². The van der Waals surface area contributed by atoms with Crippen molar-refractivity contribution in [2.24, 2.45) is 0 Å². The molecule has 0 aliphatic carbocycles. The van der Waals surface area contributed by atoms with Gasteiger partial charge in [0, 0.05) is 14.0 Å². The lowest BCUT2D eigenvalue weighted by molar-refractivity contribution is -0.266. The van der Waals surface area contributed by atoms with Crippen LogP contribution in [0.25, 0.3) is 0 Å². The van der Waals surface area contributed by atoms with Gasteiger partial charge in [0.25, 0.3) is 0 Å². The highest BCUT2D eigenvalue weighted by atomic mass is 32.2. The van der Waals surface area contributed by atoms with Crippen LogP contribution in [-0.2, 0) is 24.1 Å². The molecule has 4 N–H and O–H groups in total. The van der Waals surface area contributed by atoms with E-state index in [4.69, 9.17) is 9.47 Å². The molecule has 0 spiro atoms. The van der Waals surface area contributed by atoms with E-state index in [2.05, 4.69) is 5.32 Å². The maximum absolute atomic E-state index is 12.6. The molecule has 0 saturated carbocycles. The van der Waals surface area contributed by atoms with Crippen molar-refractivity contribution in [3.8, 4) is 0 Å². The first-order valence-corrected chi connectivity index (χ1v) is 9.44. The molecule has 1 unspecified atom stereocenters. The molecule has 1 saturated heterocycles. The molecule has 6 atom stereocenters. The third-order valence-electron chi connectivity index (χ3n) is 4.19. The summed E-state index contributed by atoms with van der Waals surface area (Å²) in [5.74, 6) is -0.502. The van der Waals surface area contributed by atoms with Crippen LogP contribution in [0.3, 0.4) is 0 Å². The van der Waals surface area contributed by atoms with E-state index in [-0.39, 0.29) is 4.90 Å². The van der Waals surface area contributed by atoms with Gasteiger partial charge in [0.1, 0.15) is 24.4 Å². The highest BCUT2D eigenvalue weighted by molar-refractivity contribution is 7.92. The molecule has 26 heavy (non-hydrogen) atoms. The third-order valence-corrected chi connectivity index (χ3v) is 6.02. The van der Waals surface area contributed by atoms with Crippen molar-refractivity contribution >= 4 is 15.7 Å². The molecule has 9 nitrogen and oxygen atoms in total. The second-order valence-corrected chi connectivity index (χ2v) is 8.21. The molecule has 1 aliphatic heterocycles. The Labute approximate surface area is 151 Å². The van der Waals surface area contributed by atoms with Gasteiger partial charge in [0.2, 0.25) is 15.7 Å². The van der Waals surface area contributed by atoms with Gasteiger partial charge in [0.15, 0.2) is 11.7 Å². The Morgan fingerprint density at radius 3 is 2.31 bits per heavy atom. The van der Waals surface area contributed by atoms with Gasteiger partial charge in [-0.15, -0.1) is 0 Å². The molecule has 10 heteroatoms. The molecule has 1 heterocycles. The second kappa shape index (κ2) is 7.99. The molecule has 1 amide bonds. The molecule has 0 bridgehead atoms. The average molecular weight is 389 g/mol. The van der Waals surface area contributed by atoms with E-state index in [1.54, 1.807) is 19.1 Å². The van der Waals surface area contributed by atoms with Gasteiger partial charge in [0.05, 0.1) is 4.90 Å². The molecule has 0 aromatic heterocycles. The van der Waals surface area contributed by atoms with Gasteiger partial charge in [-0.25, -0.2) is 8.42 Å². The van der Waals surface area contributed by atoms with Crippen LogP contribution < -0.4 is 5.32 Å². The van der Waals surface area contributed by atoms with E-state index in [0.29, 0.717) is 0 Å². The number of methoxy groups -OCH3 is 1. The van der Waals surface area contributed by atoms with Gasteiger partial charge in [-0.3, -0.25) is 4.79 Å². The van der Waals surface area contributed by atoms with Gasteiger partial charge in [-0.1, -0.05) is 17.7 Å². The number of benzene rings is 1. The summed E-state index contributed by atoms with van der Waals surface area (Å²) in [6, 6.07) is 4.66. The minimum atomic E-state index is -4.27. The second-order valence-electron chi connectivity index (χ2n) is 6.16. The predicted molar refractivity (Wildman–Crippen MR) is 89.7 cm³/mol. The minimum absolute atomic E-state index is 0.154. The summed E-state index contributed by atoms with van der Waals surface area (Å²) in [5.41, 5.74) is -1.31. The highest BCUT2D eigenvalue weighted by Gasteiger charge is 2.50. The summed E-state index contributed by atoms with van der Waals surface area (Å²) in [4.78, 5) is 11.1. The first-order chi connectivity index (χ1) is 12.1. The Kier molecular flexibility index (Phi) is 6.37. The highest BCUT2D eigenvalue weighted by Crippen LogP contribution is 2.28. The summed E-state index contributed by atoms with van der Waals surface area (Å²) < 4.78 is 35.6. The van der Waals surface area contributed by atoms with Crippen molar-refractivity contribution in [1.82, 2.24) is 5.32 Å². The summed E-state index contributed by atoms with van der Waals surface area (Å²) in [6.45, 7) is 2.98. The fourth-order valence-electron chi connectivity index (χ4n) is 2.76. The van der Waals surface area contributed by atoms with E-state index in [1.165, 1.54) is 26.2 Å². The minimum Gasteiger partial charge on any atom is -0.388 e. The Bertz CT molecular complexity index is 733. The molecular formula is C16H23NO8S. The van der Waals surface area contributed by atoms with Crippen molar-refractivity contribution in [3.63, 3.8) is 0 Å². The number of ether oxygens (including phenoxy) is 2. The summed E-state index contributed by atoms with van der Waals surface area (Å²) in [5, 5.41) is 33.2. The van der Waals surface area contributed by atoms with E-state index in [9.17, 15) is 28.5 Å². The van der Waals surface area contributed by atoms with Crippen LogP contribution in [0.5, 0.6) is 0 Å². The first-order valence-electron chi connectivity index (χ1n) is 7.89. The van der Waals surface area contributed by atoms with Crippen molar-refractivity contribution in [2.45, 2.75) is 54.8 Å². The fourth-order valence-corrected chi connectivity index (χ4v) is 4.13. The van der Waals surface area contributed by atoms with Crippen LogP contribution in [0.4, 0.5) is 0 Å². The molecule has 2 rings (SSSR count). The number of aliphatic hydroxyl groups excluding tert-OH is 3. The van der Waals surface area contributed by atoms with Crippen LogP contribution in [0.2, 0.25) is 0 Å². The average Bonchev–Trinajstić information content (AvgIpc) is 2.59. The molecular weight excluding hydrogens is 366 g/mol. The maximum Gasteiger partial charge on any atom is 0.217 e. The summed E-state index contributed by atoms with van der Waals surface area (Å²) in [6.07, 6.45) is -6.31. The van der Waals surface area contributed by atoms with Crippen LogP contribution in [0.15, 0.2) is 29.2 Å². The number of hydrogen-bond acceptors (Lipinski definition) is 8. The van der Waals surface area contributed by atoms with Gasteiger partial charge >= 0.3 is 0 Å². The van der Waals surface area contributed by atoms with E-state index in [0.717, 1.165) is 5.56 Å². The number of aliphatic hydroxyl groups is 3. The summed E-state index contributed by atoms with van der Waals surface area (Å²) >= 11 is 0. The summed E-state index contributed by atoms with van der Waals surface area (Å²) in [7, 11) is -3.04. The zero-order chi connectivity index (χ0) is 19.6. The number of hydrogen-bond donors (Lipinski definition) is 4. The lowest BCUT2D eigenvalue weighted by Gasteiger charge is -2.43. The van der Waals surface area contributed by atoms with Crippen LogP contribution in [0.1, 0.15) is 12.5 Å². The zero-order valence-corrected chi connectivity index (χ0v) is 15.4. The van der Waals surface area contributed by atoms with E-state index >= 15 is 0 Å². The standard InChI is InChI=1S/C16H23NO8S/c1-8-4-6-10(7-5-8)26(22,23)15(21)14-13(20)12(19)11(17-9(2)18)16(24-3)25-14/h4-7,11-16,19-21H,1-3H3,(H,17,18)/t11-,12+,13+,14+,15?,16+/m1/s1. The maximum atomic E-state index is 12.6. The molecule has 1 aromatic carbocycles. The van der Waals surface area contributed by atoms with E-state index in [1.807, 2.05) is 0 Å². The monoisotopic (exact) mass is 389 g/mol. The number of carbonyl (C=O) groups is 1. The van der Waals surface area contributed by atoms with Crippen LogP contribution >= 0.6 is 0 Å². The van der Waals surface area contributed by atoms with Crippen molar-refractivity contribution in [2.75, 3.05) is 7.11 Å². The number of aryl methyl sites for hydroxylation is 1. The van der Waals surface area contributed by atoms with Gasteiger partial charge in [-0.2, -0.15) is 0 Å². The Morgan fingerprint density at radius 2 is 1.81 bits per heavy atom. The van der Waals surface area contributed by atoms with Gasteiger partial charge < -0.3 is 30.1 Å². The van der Waals surface area contributed by atoms with Gasteiger partial charge in [-0.05, 0) is 19.1 Å². The lowest BCUT2D eigenvalue weighted by Crippen LogP contribution is -2.66. The largest absolute Gasteiger partial charge is 0.388 e. The first kappa shape index (κ1) is 20.7. The topological polar surface area (TPSA) is 142 Å². The Balaban J connectivity index is 2.29. The third kappa shape index (κ3) is 4.05. The predicted octanol–water partition coefficient (Wildman–Crippen LogP) is -1.32. The number of amides is 1. The number of rotatable bonds is 5. The Hall–Kier alpha value is -1.56. The number of sulfone groups is 1. The smallest absolute Gasteiger partial charge is 0.217 e. The molecule has 0 radical (unpaired) electrons. The van der Waals surface area contributed by atoms with Crippen molar-refractivity contribution in [3.05, 3.63) is 29.8 Å². The van der Waals surface area contributed by atoms with Crippen molar-refractivity contribution < 1.29 is 38.0 Å². The normalized spacial score (nSPS) is 30.6. The molecule has 1 fully saturated rings.